The lowest BCUT2D eigenvalue weighted by Crippen LogP contribution is -2.46. The van der Waals surface area contributed by atoms with E-state index in [-0.39, 0.29) is 18.5 Å². The van der Waals surface area contributed by atoms with Crippen LogP contribution in [-0.2, 0) is 24.3 Å². The number of hydrogen-bond donors (Lipinski definition) is 3. The zero-order chi connectivity index (χ0) is 19.5. The molecule has 3 aromatic rings. The fourth-order valence-electron chi connectivity index (χ4n) is 3.42. The van der Waals surface area contributed by atoms with Gasteiger partial charge in [-0.1, -0.05) is 11.6 Å². The van der Waals surface area contributed by atoms with Crippen LogP contribution in [0.2, 0.25) is 5.02 Å². The van der Waals surface area contributed by atoms with Gasteiger partial charge in [0.1, 0.15) is 0 Å². The van der Waals surface area contributed by atoms with Gasteiger partial charge < -0.3 is 20.5 Å². The maximum Gasteiger partial charge on any atom is 0.318 e. The van der Waals surface area contributed by atoms with E-state index in [1.807, 2.05) is 30.3 Å². The number of hydrogen-bond acceptors (Lipinski definition) is 3. The predicted molar refractivity (Wildman–Crippen MR) is 107 cm³/mol. The van der Waals surface area contributed by atoms with Crippen LogP contribution in [0.1, 0.15) is 16.8 Å². The molecule has 0 unspecified atom stereocenters. The smallest absolute Gasteiger partial charge is 0.318 e. The molecule has 28 heavy (non-hydrogen) atoms. The van der Waals surface area contributed by atoms with Crippen molar-refractivity contribution in [3.8, 4) is 0 Å². The predicted octanol–water partition coefficient (Wildman–Crippen LogP) is 2.60. The van der Waals surface area contributed by atoms with Gasteiger partial charge in [0.25, 0.3) is 0 Å². The first kappa shape index (κ1) is 18.3. The maximum atomic E-state index is 12.4. The first-order valence-electron chi connectivity index (χ1n) is 9.07. The molecule has 0 fully saturated rings. The van der Waals surface area contributed by atoms with Gasteiger partial charge >= 0.3 is 6.03 Å². The topological polar surface area (TPSA) is 90.1 Å². The lowest BCUT2D eigenvalue weighted by atomic mass is 10.0. The molecule has 0 atom stereocenters. The molecule has 8 heteroatoms. The minimum absolute atomic E-state index is 0.0599. The summed E-state index contributed by atoms with van der Waals surface area (Å²) in [5, 5.41) is 7.28. The fraction of sp³-hybridized carbons (Fsp3) is 0.250. The molecule has 3 amide bonds. The largest absolute Gasteiger partial charge is 0.357 e. The summed E-state index contributed by atoms with van der Waals surface area (Å²) in [5.74, 6) is -0.233. The van der Waals surface area contributed by atoms with E-state index < -0.39 is 0 Å². The minimum atomic E-state index is -0.249. The Bertz CT molecular complexity index is 1020. The Morgan fingerprint density at radius 2 is 2.00 bits per heavy atom. The number of rotatable bonds is 4. The van der Waals surface area contributed by atoms with E-state index in [1.54, 1.807) is 17.3 Å². The van der Waals surface area contributed by atoms with Gasteiger partial charge in [-0.05, 0) is 47.9 Å². The van der Waals surface area contributed by atoms with Gasteiger partial charge in [-0.2, -0.15) is 0 Å². The van der Waals surface area contributed by atoms with Gasteiger partial charge in [0, 0.05) is 47.1 Å². The van der Waals surface area contributed by atoms with Crippen molar-refractivity contribution < 1.29 is 9.59 Å². The number of halogens is 1. The summed E-state index contributed by atoms with van der Waals surface area (Å²) >= 11 is 6.10. The molecule has 0 saturated carbocycles. The van der Waals surface area contributed by atoms with Crippen molar-refractivity contribution in [3.63, 3.8) is 0 Å². The van der Waals surface area contributed by atoms with Gasteiger partial charge in [-0.25, -0.2) is 4.79 Å². The third kappa shape index (κ3) is 3.94. The molecule has 7 nitrogen and oxygen atoms in total. The Kier molecular flexibility index (Phi) is 5.16. The summed E-state index contributed by atoms with van der Waals surface area (Å²) in [4.78, 5) is 33.4. The number of amides is 3. The monoisotopic (exact) mass is 397 g/mol. The Morgan fingerprint density at radius 3 is 2.82 bits per heavy atom. The van der Waals surface area contributed by atoms with Crippen LogP contribution >= 0.6 is 11.6 Å². The van der Waals surface area contributed by atoms with Crippen molar-refractivity contribution in [1.29, 1.82) is 0 Å². The number of carbonyl (C=O) groups excluding carboxylic acids is 2. The summed E-state index contributed by atoms with van der Waals surface area (Å²) in [5.41, 5.74) is 4.20. The average Bonchev–Trinajstić information content (AvgIpc) is 3.08. The normalized spacial score (nSPS) is 13.2. The molecule has 0 saturated heterocycles. The number of aromatic amines is 1. The molecule has 0 spiro atoms. The van der Waals surface area contributed by atoms with Gasteiger partial charge in [0.15, 0.2) is 0 Å². The molecule has 3 heterocycles. The van der Waals surface area contributed by atoms with Crippen molar-refractivity contribution in [2.75, 3.05) is 13.1 Å². The molecule has 0 bridgehead atoms. The maximum absolute atomic E-state index is 12.4. The molecule has 0 aliphatic carbocycles. The zero-order valence-electron chi connectivity index (χ0n) is 15.2. The zero-order valence-corrected chi connectivity index (χ0v) is 15.9. The molecular weight excluding hydrogens is 378 g/mol. The first-order chi connectivity index (χ1) is 13.6. The number of aromatic nitrogens is 2. The average molecular weight is 398 g/mol. The Hall–Kier alpha value is -3.06. The van der Waals surface area contributed by atoms with Crippen LogP contribution in [0.5, 0.6) is 0 Å². The highest BCUT2D eigenvalue weighted by molar-refractivity contribution is 6.31. The Balaban J connectivity index is 1.31. The van der Waals surface area contributed by atoms with Gasteiger partial charge in [0.2, 0.25) is 5.91 Å². The number of carbonyl (C=O) groups is 2. The van der Waals surface area contributed by atoms with Crippen LogP contribution in [0.4, 0.5) is 4.79 Å². The highest BCUT2D eigenvalue weighted by atomic mass is 35.5. The van der Waals surface area contributed by atoms with Crippen molar-refractivity contribution in [1.82, 2.24) is 25.5 Å². The van der Waals surface area contributed by atoms with Crippen molar-refractivity contribution in [2.45, 2.75) is 19.5 Å². The van der Waals surface area contributed by atoms with E-state index in [0.29, 0.717) is 24.7 Å². The van der Waals surface area contributed by atoms with Crippen LogP contribution in [0.25, 0.3) is 10.9 Å². The van der Waals surface area contributed by atoms with E-state index in [1.165, 1.54) is 5.56 Å². The van der Waals surface area contributed by atoms with E-state index >= 15 is 0 Å². The molecule has 144 valence electrons. The van der Waals surface area contributed by atoms with Gasteiger partial charge in [-0.3, -0.25) is 9.78 Å². The fourth-order valence-corrected chi connectivity index (χ4v) is 3.59. The van der Waals surface area contributed by atoms with Crippen LogP contribution in [0.15, 0.2) is 42.7 Å². The van der Waals surface area contributed by atoms with Crippen molar-refractivity contribution in [3.05, 3.63) is 64.6 Å². The number of fused-ring (bicyclic) bond motifs is 3. The van der Waals surface area contributed by atoms with Crippen molar-refractivity contribution in [2.24, 2.45) is 0 Å². The minimum Gasteiger partial charge on any atom is -0.357 e. The number of urea groups is 1. The van der Waals surface area contributed by atoms with Crippen LogP contribution in [0.3, 0.4) is 0 Å². The van der Waals surface area contributed by atoms with Gasteiger partial charge in [0.05, 0.1) is 13.1 Å². The van der Waals surface area contributed by atoms with Crippen LogP contribution in [0, 0.1) is 0 Å². The lowest BCUT2D eigenvalue weighted by Gasteiger charge is -2.27. The molecular formula is C20H20ClN5O2. The number of benzene rings is 1. The second-order valence-corrected chi connectivity index (χ2v) is 7.17. The molecule has 1 aliphatic rings. The molecule has 0 radical (unpaired) electrons. The summed E-state index contributed by atoms with van der Waals surface area (Å²) < 4.78 is 0. The van der Waals surface area contributed by atoms with E-state index in [4.69, 9.17) is 11.6 Å². The molecule has 2 aromatic heterocycles. The SMILES string of the molecule is O=C(CNC(=O)N1CCc2c([nH]c3ccc(Cl)cc23)C1)NCc1ccncc1. The summed E-state index contributed by atoms with van der Waals surface area (Å²) in [7, 11) is 0. The third-order valence-electron chi connectivity index (χ3n) is 4.86. The Labute approximate surface area is 167 Å². The summed E-state index contributed by atoms with van der Waals surface area (Å²) in [6.07, 6.45) is 4.09. The number of pyridine rings is 1. The lowest BCUT2D eigenvalue weighted by molar-refractivity contribution is -0.120. The van der Waals surface area contributed by atoms with Gasteiger partial charge in [-0.15, -0.1) is 0 Å². The second-order valence-electron chi connectivity index (χ2n) is 6.73. The molecule has 1 aromatic carbocycles. The van der Waals surface area contributed by atoms with Crippen LogP contribution < -0.4 is 10.6 Å². The first-order valence-corrected chi connectivity index (χ1v) is 9.45. The third-order valence-corrected chi connectivity index (χ3v) is 5.10. The molecule has 1 aliphatic heterocycles. The van der Waals surface area contributed by atoms with Crippen LogP contribution in [-0.4, -0.2) is 39.9 Å². The summed E-state index contributed by atoms with van der Waals surface area (Å²) in [6.45, 7) is 1.42. The Morgan fingerprint density at radius 1 is 1.18 bits per heavy atom. The standard InChI is InChI=1S/C20H20ClN5O2/c21-14-1-2-17-16(9-14)15-5-8-26(12-18(15)25-17)20(28)24-11-19(27)23-10-13-3-6-22-7-4-13/h1-4,6-7,9,25H,5,8,10-12H2,(H,23,27)(H,24,28). The number of H-pyrrole nitrogens is 1. The van der Waals surface area contributed by atoms with Crippen molar-refractivity contribution >= 4 is 34.4 Å². The second kappa shape index (κ2) is 7.90. The summed E-state index contributed by atoms with van der Waals surface area (Å²) in [6, 6.07) is 9.17. The highest BCUT2D eigenvalue weighted by Gasteiger charge is 2.24. The van der Waals surface area contributed by atoms with E-state index in [9.17, 15) is 9.59 Å². The molecule has 4 rings (SSSR count). The quantitative estimate of drug-likeness (QED) is 0.632. The number of nitrogens with one attached hydrogen (secondary N) is 3. The van der Waals surface area contributed by atoms with E-state index in [0.717, 1.165) is 28.6 Å². The molecule has 3 N–H and O–H groups in total. The number of nitrogens with zero attached hydrogens (tertiary/aromatic N) is 2. The highest BCUT2D eigenvalue weighted by Crippen LogP contribution is 2.29. The van der Waals surface area contributed by atoms with E-state index in [2.05, 4.69) is 20.6 Å².